The van der Waals surface area contributed by atoms with Gasteiger partial charge in [-0.05, 0) is 36.4 Å². The molecule has 4 rings (SSSR count). The number of carbonyl (C=O) groups excluding carboxylic acids is 3. The molecule has 0 radical (unpaired) electrons. The van der Waals surface area contributed by atoms with Gasteiger partial charge in [0.2, 0.25) is 0 Å². The van der Waals surface area contributed by atoms with Gasteiger partial charge in [0.15, 0.2) is 0 Å². The molecule has 3 aromatic rings. The van der Waals surface area contributed by atoms with Crippen molar-refractivity contribution in [1.29, 1.82) is 0 Å². The molecular formula is C30H29NO6. The van der Waals surface area contributed by atoms with Gasteiger partial charge in [-0.3, -0.25) is 0 Å². The Hall–Kier alpha value is -4.23. The van der Waals surface area contributed by atoms with Crippen LogP contribution in [0.25, 0.3) is 0 Å². The first kappa shape index (κ1) is 25.9. The monoisotopic (exact) mass is 499 g/mol. The molecular weight excluding hydrogens is 470 g/mol. The quantitative estimate of drug-likeness (QED) is 0.266. The number of ether oxygens (including phenoxy) is 3. The highest BCUT2D eigenvalue weighted by Crippen LogP contribution is 2.32. The van der Waals surface area contributed by atoms with Crippen molar-refractivity contribution in [1.82, 2.24) is 0 Å². The number of rotatable bonds is 9. The number of hydrogen-bond donors (Lipinski definition) is 1. The van der Waals surface area contributed by atoms with Gasteiger partial charge in [0, 0.05) is 23.8 Å². The van der Waals surface area contributed by atoms with Crippen LogP contribution in [0.3, 0.4) is 0 Å². The van der Waals surface area contributed by atoms with Gasteiger partial charge in [0.05, 0.1) is 36.5 Å². The van der Waals surface area contributed by atoms with Gasteiger partial charge in [-0.25, -0.2) is 14.4 Å². The molecule has 4 atom stereocenters. The summed E-state index contributed by atoms with van der Waals surface area (Å²) in [5, 5.41) is 0. The molecule has 0 saturated carbocycles. The molecule has 1 aliphatic rings. The maximum absolute atomic E-state index is 12.6. The summed E-state index contributed by atoms with van der Waals surface area (Å²) < 4.78 is 16.8. The maximum Gasteiger partial charge on any atom is 0.338 e. The summed E-state index contributed by atoms with van der Waals surface area (Å²) in [6, 6.07) is 25.6. The average molecular weight is 500 g/mol. The van der Waals surface area contributed by atoms with Crippen LogP contribution in [-0.4, -0.2) is 43.8 Å². The van der Waals surface area contributed by atoms with Crippen molar-refractivity contribution >= 4 is 17.9 Å². The molecule has 0 aliphatic heterocycles. The molecule has 3 aromatic carbocycles. The second kappa shape index (κ2) is 12.6. The molecule has 0 amide bonds. The highest BCUT2D eigenvalue weighted by Gasteiger charge is 2.37. The molecule has 7 heteroatoms. The van der Waals surface area contributed by atoms with Crippen molar-refractivity contribution < 1.29 is 28.6 Å². The summed E-state index contributed by atoms with van der Waals surface area (Å²) in [6.07, 6.45) is 3.69. The third-order valence-corrected chi connectivity index (χ3v) is 6.42. The van der Waals surface area contributed by atoms with E-state index in [4.69, 9.17) is 19.9 Å². The Balaban J connectivity index is 1.47. The van der Waals surface area contributed by atoms with E-state index in [1.165, 1.54) is 0 Å². The molecule has 0 spiro atoms. The minimum atomic E-state index is -0.469. The Kier molecular flexibility index (Phi) is 8.84. The first-order chi connectivity index (χ1) is 18.0. The van der Waals surface area contributed by atoms with Crippen molar-refractivity contribution in [3.63, 3.8) is 0 Å². The van der Waals surface area contributed by atoms with Crippen LogP contribution in [0.2, 0.25) is 0 Å². The first-order valence-corrected chi connectivity index (χ1v) is 12.1. The number of nitrogens with two attached hydrogens (primary N) is 1. The van der Waals surface area contributed by atoms with E-state index < -0.39 is 23.9 Å². The zero-order chi connectivity index (χ0) is 26.0. The summed E-state index contributed by atoms with van der Waals surface area (Å²) in [5.41, 5.74) is 7.70. The van der Waals surface area contributed by atoms with Crippen LogP contribution in [0.15, 0.2) is 103 Å². The van der Waals surface area contributed by atoms with Crippen LogP contribution in [0.4, 0.5) is 0 Å². The molecule has 7 nitrogen and oxygen atoms in total. The van der Waals surface area contributed by atoms with Crippen molar-refractivity contribution in [3.8, 4) is 0 Å². The molecule has 37 heavy (non-hydrogen) atoms. The smallest absolute Gasteiger partial charge is 0.338 e. The van der Waals surface area contributed by atoms with E-state index in [0.29, 0.717) is 16.7 Å². The molecule has 0 aromatic heterocycles. The van der Waals surface area contributed by atoms with Crippen molar-refractivity contribution in [2.45, 2.75) is 6.04 Å². The summed E-state index contributed by atoms with van der Waals surface area (Å²) >= 11 is 0. The van der Waals surface area contributed by atoms with Gasteiger partial charge < -0.3 is 19.9 Å². The number of benzene rings is 3. The largest absolute Gasteiger partial charge is 0.462 e. The number of hydrogen-bond acceptors (Lipinski definition) is 7. The van der Waals surface area contributed by atoms with Gasteiger partial charge in [-0.15, -0.1) is 0 Å². The second-order valence-electron chi connectivity index (χ2n) is 8.85. The van der Waals surface area contributed by atoms with Gasteiger partial charge in [0.1, 0.15) is 0 Å². The Labute approximate surface area is 215 Å². The molecule has 2 N–H and O–H groups in total. The lowest BCUT2D eigenvalue weighted by molar-refractivity contribution is -0.000633. The van der Waals surface area contributed by atoms with E-state index >= 15 is 0 Å². The van der Waals surface area contributed by atoms with E-state index in [2.05, 4.69) is 0 Å². The van der Waals surface area contributed by atoms with Crippen LogP contribution in [0.5, 0.6) is 0 Å². The summed E-state index contributed by atoms with van der Waals surface area (Å²) in [5.74, 6) is -2.38. The van der Waals surface area contributed by atoms with Gasteiger partial charge in [0.25, 0.3) is 0 Å². The molecule has 190 valence electrons. The van der Waals surface area contributed by atoms with E-state index in [1.54, 1.807) is 72.8 Å². The minimum absolute atomic E-state index is 0.0207. The number of carbonyl (C=O) groups is 3. The first-order valence-electron chi connectivity index (χ1n) is 12.1. The molecule has 0 heterocycles. The lowest BCUT2D eigenvalue weighted by atomic mass is 9.74. The SMILES string of the molecule is N[C@H]1C=C[C@@H](COC(=O)c2ccccc2)[C@@H](COC(=O)c2ccccc2)[C@H]1COC(=O)c1ccccc1. The van der Waals surface area contributed by atoms with Crippen LogP contribution >= 0.6 is 0 Å². The van der Waals surface area contributed by atoms with E-state index in [9.17, 15) is 14.4 Å². The summed E-state index contributed by atoms with van der Waals surface area (Å²) in [7, 11) is 0. The van der Waals surface area contributed by atoms with E-state index in [1.807, 2.05) is 30.4 Å². The molecule has 1 aliphatic carbocycles. The normalized spacial score (nSPS) is 20.6. The Morgan fingerprint density at radius 1 is 0.541 bits per heavy atom. The maximum atomic E-state index is 12.6. The van der Waals surface area contributed by atoms with E-state index in [0.717, 1.165) is 0 Å². The molecule has 0 bridgehead atoms. The van der Waals surface area contributed by atoms with Gasteiger partial charge >= 0.3 is 17.9 Å². The number of esters is 3. The lowest BCUT2D eigenvalue weighted by Crippen LogP contribution is -2.46. The summed E-state index contributed by atoms with van der Waals surface area (Å²) in [4.78, 5) is 37.7. The Morgan fingerprint density at radius 3 is 1.35 bits per heavy atom. The van der Waals surface area contributed by atoms with Gasteiger partial charge in [-0.2, -0.15) is 0 Å². The van der Waals surface area contributed by atoms with Gasteiger partial charge in [-0.1, -0.05) is 66.7 Å². The second-order valence-corrected chi connectivity index (χ2v) is 8.85. The zero-order valence-corrected chi connectivity index (χ0v) is 20.3. The lowest BCUT2D eigenvalue weighted by Gasteiger charge is -2.37. The fourth-order valence-corrected chi connectivity index (χ4v) is 4.31. The van der Waals surface area contributed by atoms with Crippen LogP contribution in [0, 0.1) is 17.8 Å². The third-order valence-electron chi connectivity index (χ3n) is 6.42. The fraction of sp³-hybridized carbons (Fsp3) is 0.233. The van der Waals surface area contributed by atoms with Crippen molar-refractivity contribution in [2.24, 2.45) is 23.5 Å². The van der Waals surface area contributed by atoms with E-state index in [-0.39, 0.29) is 37.6 Å². The predicted octanol–water partition coefficient (Wildman–Crippen LogP) is 4.30. The highest BCUT2D eigenvalue weighted by atomic mass is 16.5. The topological polar surface area (TPSA) is 105 Å². The van der Waals surface area contributed by atoms with Crippen LogP contribution < -0.4 is 5.73 Å². The Morgan fingerprint density at radius 2 is 0.919 bits per heavy atom. The van der Waals surface area contributed by atoms with Crippen LogP contribution in [0.1, 0.15) is 31.1 Å². The molecule has 0 unspecified atom stereocenters. The molecule has 0 fully saturated rings. The third kappa shape index (κ3) is 6.92. The molecule has 0 saturated heterocycles. The predicted molar refractivity (Wildman–Crippen MR) is 138 cm³/mol. The highest BCUT2D eigenvalue weighted by molar-refractivity contribution is 5.90. The zero-order valence-electron chi connectivity index (χ0n) is 20.3. The van der Waals surface area contributed by atoms with Crippen LogP contribution in [-0.2, 0) is 14.2 Å². The fourth-order valence-electron chi connectivity index (χ4n) is 4.31. The minimum Gasteiger partial charge on any atom is -0.462 e. The standard InChI is InChI=1S/C30H29NO6/c31-27-17-16-24(18-35-28(32)21-10-4-1-5-11-21)25(19-36-29(33)22-12-6-2-7-13-22)26(27)20-37-30(34)23-14-8-3-9-15-23/h1-17,24-27H,18-20,31H2/t24-,25+,26+,27-/m0/s1. The van der Waals surface area contributed by atoms with Crippen molar-refractivity contribution in [3.05, 3.63) is 120 Å². The summed E-state index contributed by atoms with van der Waals surface area (Å²) in [6.45, 7) is 0.108. The average Bonchev–Trinajstić information content (AvgIpc) is 2.95. The van der Waals surface area contributed by atoms with Crippen molar-refractivity contribution in [2.75, 3.05) is 19.8 Å². The Bertz CT molecular complexity index is 1210.